The van der Waals surface area contributed by atoms with Gasteiger partial charge in [0.25, 0.3) is 0 Å². The third-order valence-corrected chi connectivity index (χ3v) is 4.86. The van der Waals surface area contributed by atoms with Crippen LogP contribution in [0, 0.1) is 0 Å². The zero-order valence-corrected chi connectivity index (χ0v) is 18.4. The van der Waals surface area contributed by atoms with Crippen LogP contribution < -0.4 is 10.6 Å². The van der Waals surface area contributed by atoms with Gasteiger partial charge < -0.3 is 10.4 Å². The molecule has 1 aromatic heterocycles. The smallest absolute Gasteiger partial charge is 0.324 e. The van der Waals surface area contributed by atoms with Crippen molar-refractivity contribution in [1.82, 2.24) is 9.78 Å². The highest BCUT2D eigenvalue weighted by Gasteiger charge is 2.21. The van der Waals surface area contributed by atoms with Crippen LogP contribution in [0.3, 0.4) is 0 Å². The van der Waals surface area contributed by atoms with E-state index < -0.39 is 12.0 Å². The molecule has 0 aliphatic heterocycles. The summed E-state index contributed by atoms with van der Waals surface area (Å²) in [5.41, 5.74) is 2.81. The van der Waals surface area contributed by atoms with Gasteiger partial charge in [0, 0.05) is 28.6 Å². The van der Waals surface area contributed by atoms with Crippen LogP contribution in [0.2, 0.25) is 5.02 Å². The van der Waals surface area contributed by atoms with Gasteiger partial charge in [-0.2, -0.15) is 5.10 Å². The predicted molar refractivity (Wildman–Crippen MR) is 122 cm³/mol. The summed E-state index contributed by atoms with van der Waals surface area (Å²) in [4.78, 5) is 23.5. The third kappa shape index (κ3) is 6.08. The number of carboxylic acid groups (broad SMARTS) is 1. The van der Waals surface area contributed by atoms with Crippen LogP contribution in [0.5, 0.6) is 0 Å². The number of hydrogen-bond acceptors (Lipinski definition) is 3. The van der Waals surface area contributed by atoms with Crippen LogP contribution >= 0.6 is 11.6 Å². The van der Waals surface area contributed by atoms with Crippen molar-refractivity contribution in [1.29, 1.82) is 0 Å². The van der Waals surface area contributed by atoms with Crippen molar-refractivity contribution in [3.63, 3.8) is 0 Å². The molecule has 0 atom stereocenters. The summed E-state index contributed by atoms with van der Waals surface area (Å²) in [6.45, 7) is 6.13. The summed E-state index contributed by atoms with van der Waals surface area (Å²) in [7, 11) is 0. The summed E-state index contributed by atoms with van der Waals surface area (Å²) in [6.07, 6.45) is 0.459. The number of aliphatic carboxylic acids is 1. The fourth-order valence-electron chi connectivity index (χ4n) is 2.94. The Bertz CT molecular complexity index is 1080. The molecule has 0 aliphatic rings. The first-order valence-corrected chi connectivity index (χ1v) is 10.2. The first-order chi connectivity index (χ1) is 14.6. The number of anilines is 2. The molecule has 0 saturated heterocycles. The van der Waals surface area contributed by atoms with Crippen LogP contribution in [0.1, 0.15) is 38.4 Å². The molecule has 0 unspecified atom stereocenters. The van der Waals surface area contributed by atoms with E-state index in [9.17, 15) is 9.59 Å². The lowest BCUT2D eigenvalue weighted by Crippen LogP contribution is -2.21. The van der Waals surface area contributed by atoms with Crippen molar-refractivity contribution in [2.45, 2.75) is 39.0 Å². The maximum absolute atomic E-state index is 12.6. The van der Waals surface area contributed by atoms with Crippen LogP contribution in [0.15, 0.2) is 54.6 Å². The summed E-state index contributed by atoms with van der Waals surface area (Å²) < 4.78 is 1.66. The van der Waals surface area contributed by atoms with Crippen molar-refractivity contribution in [3.8, 4) is 5.69 Å². The molecule has 31 heavy (non-hydrogen) atoms. The van der Waals surface area contributed by atoms with Crippen molar-refractivity contribution in [2.75, 3.05) is 10.6 Å². The fourth-order valence-corrected chi connectivity index (χ4v) is 3.07. The lowest BCUT2D eigenvalue weighted by atomic mass is 9.92. The zero-order chi connectivity index (χ0) is 22.6. The molecule has 1 heterocycles. The number of carboxylic acids is 1. The van der Waals surface area contributed by atoms with E-state index in [0.29, 0.717) is 22.9 Å². The Morgan fingerprint density at radius 3 is 2.42 bits per heavy atom. The second-order valence-corrected chi connectivity index (χ2v) is 8.66. The number of nitrogens with one attached hydrogen (secondary N) is 2. The quantitative estimate of drug-likeness (QED) is 0.472. The van der Waals surface area contributed by atoms with E-state index in [1.807, 2.05) is 51.1 Å². The average Bonchev–Trinajstić information content (AvgIpc) is 3.12. The van der Waals surface area contributed by atoms with Gasteiger partial charge in [0.2, 0.25) is 0 Å². The standard InChI is InChI=1S/C23H25ClN4O3/c1-23(2,3)19-14-20(26-22(31)25-17-10-8-16(24)9-11-17)28(27-19)18-6-4-5-15(13-18)7-12-21(29)30/h4-6,8-11,13-14H,7,12H2,1-3H3,(H,29,30)(H2,25,26,31). The molecule has 3 N–H and O–H groups in total. The normalized spacial score (nSPS) is 11.2. The number of aryl methyl sites for hydroxylation is 1. The van der Waals surface area contributed by atoms with Crippen LogP contribution in [0.25, 0.3) is 5.69 Å². The Morgan fingerprint density at radius 1 is 1.06 bits per heavy atom. The van der Waals surface area contributed by atoms with Crippen molar-refractivity contribution >= 4 is 35.1 Å². The topological polar surface area (TPSA) is 96.2 Å². The highest BCUT2D eigenvalue weighted by atomic mass is 35.5. The molecule has 2 amide bonds. The molecule has 0 spiro atoms. The molecule has 3 aromatic rings. The van der Waals surface area contributed by atoms with Gasteiger partial charge in [-0.1, -0.05) is 44.5 Å². The van der Waals surface area contributed by atoms with Crippen molar-refractivity contribution in [3.05, 3.63) is 70.9 Å². The number of nitrogens with zero attached hydrogens (tertiary/aromatic N) is 2. The number of rotatable bonds is 6. The predicted octanol–water partition coefficient (Wildman–Crippen LogP) is 5.48. The van der Waals surface area contributed by atoms with Gasteiger partial charge in [-0.3, -0.25) is 10.1 Å². The third-order valence-electron chi connectivity index (χ3n) is 4.60. The molecular weight excluding hydrogens is 416 g/mol. The Kier molecular flexibility index (Phi) is 6.65. The molecule has 3 rings (SSSR count). The maximum Gasteiger partial charge on any atom is 0.324 e. The minimum atomic E-state index is -0.847. The Morgan fingerprint density at radius 2 is 1.77 bits per heavy atom. The fraction of sp³-hybridized carbons (Fsp3) is 0.261. The minimum Gasteiger partial charge on any atom is -0.481 e. The molecule has 2 aromatic carbocycles. The van der Waals surface area contributed by atoms with E-state index in [4.69, 9.17) is 21.8 Å². The van der Waals surface area contributed by atoms with Gasteiger partial charge in [-0.05, 0) is 48.4 Å². The summed E-state index contributed by atoms with van der Waals surface area (Å²) >= 11 is 5.89. The monoisotopic (exact) mass is 440 g/mol. The SMILES string of the molecule is CC(C)(C)c1cc(NC(=O)Nc2ccc(Cl)cc2)n(-c2cccc(CCC(=O)O)c2)n1. The van der Waals surface area contributed by atoms with Gasteiger partial charge in [-0.15, -0.1) is 0 Å². The first kappa shape index (κ1) is 22.4. The average molecular weight is 441 g/mol. The Labute approximate surface area is 186 Å². The second-order valence-electron chi connectivity index (χ2n) is 8.23. The molecular formula is C23H25ClN4O3. The summed E-state index contributed by atoms with van der Waals surface area (Å²) in [5.74, 6) is -0.340. The van der Waals surface area contributed by atoms with Crippen LogP contribution in [-0.2, 0) is 16.6 Å². The molecule has 8 heteroatoms. The van der Waals surface area contributed by atoms with E-state index in [2.05, 4.69) is 10.6 Å². The zero-order valence-electron chi connectivity index (χ0n) is 17.6. The van der Waals surface area contributed by atoms with Gasteiger partial charge in [-0.25, -0.2) is 9.48 Å². The molecule has 0 aliphatic carbocycles. The molecule has 0 saturated carbocycles. The first-order valence-electron chi connectivity index (χ1n) is 9.87. The second kappa shape index (κ2) is 9.22. The van der Waals surface area contributed by atoms with E-state index in [-0.39, 0.29) is 11.8 Å². The number of urea groups is 1. The lowest BCUT2D eigenvalue weighted by Gasteiger charge is -2.14. The molecule has 7 nitrogen and oxygen atoms in total. The van der Waals surface area contributed by atoms with Crippen molar-refractivity contribution < 1.29 is 14.7 Å². The largest absolute Gasteiger partial charge is 0.481 e. The Hall–Kier alpha value is -3.32. The molecule has 0 radical (unpaired) electrons. The maximum atomic E-state index is 12.6. The van der Waals surface area contributed by atoms with E-state index in [0.717, 1.165) is 16.9 Å². The number of halogens is 1. The number of aromatic nitrogens is 2. The minimum absolute atomic E-state index is 0.0460. The van der Waals surface area contributed by atoms with E-state index in [1.165, 1.54) is 0 Å². The number of carbonyl (C=O) groups is 2. The number of hydrogen-bond donors (Lipinski definition) is 3. The van der Waals surface area contributed by atoms with E-state index >= 15 is 0 Å². The number of benzene rings is 2. The summed E-state index contributed by atoms with van der Waals surface area (Å²) in [6, 6.07) is 15.7. The number of carbonyl (C=O) groups excluding carboxylic acids is 1. The summed E-state index contributed by atoms with van der Waals surface area (Å²) in [5, 5.41) is 19.9. The highest BCUT2D eigenvalue weighted by Crippen LogP contribution is 2.27. The van der Waals surface area contributed by atoms with Crippen molar-refractivity contribution in [2.24, 2.45) is 0 Å². The number of amides is 2. The van der Waals surface area contributed by atoms with Gasteiger partial charge in [0.05, 0.1) is 11.4 Å². The highest BCUT2D eigenvalue weighted by molar-refractivity contribution is 6.30. The lowest BCUT2D eigenvalue weighted by molar-refractivity contribution is -0.136. The van der Waals surface area contributed by atoms with Crippen LogP contribution in [-0.4, -0.2) is 26.9 Å². The van der Waals surface area contributed by atoms with Gasteiger partial charge in [0.1, 0.15) is 5.82 Å². The van der Waals surface area contributed by atoms with E-state index in [1.54, 1.807) is 28.9 Å². The van der Waals surface area contributed by atoms with Gasteiger partial charge >= 0.3 is 12.0 Å². The molecule has 0 fully saturated rings. The molecule has 0 bridgehead atoms. The molecule has 162 valence electrons. The van der Waals surface area contributed by atoms with Crippen LogP contribution in [0.4, 0.5) is 16.3 Å². The Balaban J connectivity index is 1.88. The van der Waals surface area contributed by atoms with Gasteiger partial charge in [0.15, 0.2) is 0 Å².